The maximum atomic E-state index is 11.9. The summed E-state index contributed by atoms with van der Waals surface area (Å²) >= 11 is 1.32. The molecule has 0 aromatic carbocycles. The Morgan fingerprint density at radius 2 is 2.18 bits per heavy atom. The Bertz CT molecular complexity index is 542. The maximum absolute atomic E-state index is 11.9. The van der Waals surface area contributed by atoms with E-state index >= 15 is 0 Å². The number of hydrogen-bond acceptors (Lipinski definition) is 4. The summed E-state index contributed by atoms with van der Waals surface area (Å²) < 4.78 is 0. The van der Waals surface area contributed by atoms with Crippen molar-refractivity contribution in [1.29, 1.82) is 0 Å². The van der Waals surface area contributed by atoms with E-state index in [4.69, 9.17) is 5.73 Å². The third-order valence-electron chi connectivity index (χ3n) is 2.24. The lowest BCUT2D eigenvalue weighted by Gasteiger charge is -2.05. The second-order valence-electron chi connectivity index (χ2n) is 3.83. The number of pyridine rings is 1. The highest BCUT2D eigenvalue weighted by molar-refractivity contribution is 7.12. The lowest BCUT2D eigenvalue weighted by molar-refractivity contribution is 0.103. The second-order valence-corrected chi connectivity index (χ2v) is 4.75. The molecule has 2 heterocycles. The highest BCUT2D eigenvalue weighted by atomic mass is 32.1. The molecule has 0 spiro atoms. The SMILES string of the molecule is Cc1cc(C)nc(NC(=O)c2sccc2N)c1. The fourth-order valence-corrected chi connectivity index (χ4v) is 2.30. The van der Waals surface area contributed by atoms with Gasteiger partial charge < -0.3 is 11.1 Å². The van der Waals surface area contributed by atoms with Crippen LogP contribution in [0.15, 0.2) is 23.6 Å². The van der Waals surface area contributed by atoms with Crippen molar-refractivity contribution in [2.45, 2.75) is 13.8 Å². The minimum Gasteiger partial charge on any atom is -0.397 e. The van der Waals surface area contributed by atoms with Gasteiger partial charge in [0.25, 0.3) is 5.91 Å². The maximum Gasteiger partial charge on any atom is 0.269 e. The molecule has 0 aliphatic heterocycles. The van der Waals surface area contributed by atoms with Crippen molar-refractivity contribution in [2.24, 2.45) is 0 Å². The van der Waals surface area contributed by atoms with E-state index in [2.05, 4.69) is 10.3 Å². The number of nitrogens with one attached hydrogen (secondary N) is 1. The molecule has 0 aliphatic rings. The minimum atomic E-state index is -0.213. The van der Waals surface area contributed by atoms with E-state index < -0.39 is 0 Å². The normalized spacial score (nSPS) is 10.2. The number of aromatic nitrogens is 1. The average Bonchev–Trinajstić information content (AvgIpc) is 2.62. The highest BCUT2D eigenvalue weighted by Crippen LogP contribution is 2.20. The summed E-state index contributed by atoms with van der Waals surface area (Å²) in [5.74, 6) is 0.343. The van der Waals surface area contributed by atoms with Gasteiger partial charge in [-0.3, -0.25) is 4.79 Å². The zero-order chi connectivity index (χ0) is 12.4. The minimum absolute atomic E-state index is 0.213. The van der Waals surface area contributed by atoms with Crippen molar-refractivity contribution >= 4 is 28.7 Å². The van der Waals surface area contributed by atoms with E-state index in [1.165, 1.54) is 11.3 Å². The molecule has 0 aliphatic carbocycles. The molecule has 0 bridgehead atoms. The van der Waals surface area contributed by atoms with E-state index in [0.717, 1.165) is 11.3 Å². The van der Waals surface area contributed by atoms with E-state index in [0.29, 0.717) is 16.4 Å². The van der Waals surface area contributed by atoms with Gasteiger partial charge in [-0.15, -0.1) is 11.3 Å². The number of nitrogens with two attached hydrogens (primary N) is 1. The van der Waals surface area contributed by atoms with Crippen LogP contribution in [0.5, 0.6) is 0 Å². The standard InChI is InChI=1S/C12H13N3OS/c1-7-5-8(2)14-10(6-7)15-12(16)11-9(13)3-4-17-11/h3-6H,13H2,1-2H3,(H,14,15,16). The molecule has 0 unspecified atom stereocenters. The number of rotatable bonds is 2. The van der Waals surface area contributed by atoms with Crippen LogP contribution in [0.1, 0.15) is 20.9 Å². The van der Waals surface area contributed by atoms with Crippen molar-refractivity contribution in [1.82, 2.24) is 4.98 Å². The quantitative estimate of drug-likeness (QED) is 0.857. The molecule has 0 radical (unpaired) electrons. The molecule has 88 valence electrons. The average molecular weight is 247 g/mol. The molecule has 0 atom stereocenters. The Labute approximate surface area is 103 Å². The Hall–Kier alpha value is -1.88. The molecule has 5 heteroatoms. The molecule has 17 heavy (non-hydrogen) atoms. The number of hydrogen-bond donors (Lipinski definition) is 2. The Morgan fingerprint density at radius 1 is 1.41 bits per heavy atom. The molecule has 2 aromatic heterocycles. The number of nitrogens with zero attached hydrogens (tertiary/aromatic N) is 1. The van der Waals surface area contributed by atoms with Crippen LogP contribution in [0.4, 0.5) is 11.5 Å². The Balaban J connectivity index is 2.21. The zero-order valence-electron chi connectivity index (χ0n) is 9.65. The van der Waals surface area contributed by atoms with Gasteiger partial charge in [0.15, 0.2) is 0 Å². The highest BCUT2D eigenvalue weighted by Gasteiger charge is 2.12. The summed E-state index contributed by atoms with van der Waals surface area (Å²) in [7, 11) is 0. The van der Waals surface area contributed by atoms with Gasteiger partial charge in [-0.05, 0) is 43.0 Å². The predicted octanol–water partition coefficient (Wildman–Crippen LogP) is 2.59. The Morgan fingerprint density at radius 3 is 2.76 bits per heavy atom. The molecular weight excluding hydrogens is 234 g/mol. The monoisotopic (exact) mass is 247 g/mol. The van der Waals surface area contributed by atoms with Crippen LogP contribution in [0.2, 0.25) is 0 Å². The van der Waals surface area contributed by atoms with Crippen LogP contribution in [0.3, 0.4) is 0 Å². The smallest absolute Gasteiger partial charge is 0.269 e. The van der Waals surface area contributed by atoms with Crippen LogP contribution in [0, 0.1) is 13.8 Å². The lowest BCUT2D eigenvalue weighted by atomic mass is 10.2. The third kappa shape index (κ3) is 2.62. The van der Waals surface area contributed by atoms with E-state index in [1.807, 2.05) is 26.0 Å². The molecule has 1 amide bonds. The first-order chi connectivity index (χ1) is 8.06. The van der Waals surface area contributed by atoms with Crippen LogP contribution in [-0.2, 0) is 0 Å². The van der Waals surface area contributed by atoms with Gasteiger partial charge in [0.05, 0.1) is 5.69 Å². The first-order valence-electron chi connectivity index (χ1n) is 5.16. The van der Waals surface area contributed by atoms with Gasteiger partial charge in [0.1, 0.15) is 10.7 Å². The van der Waals surface area contributed by atoms with Gasteiger partial charge in [0.2, 0.25) is 0 Å². The van der Waals surface area contributed by atoms with E-state index in [1.54, 1.807) is 11.4 Å². The number of nitrogen functional groups attached to an aromatic ring is 1. The number of carbonyl (C=O) groups excluding carboxylic acids is 1. The van der Waals surface area contributed by atoms with Crippen LogP contribution >= 0.6 is 11.3 Å². The molecule has 0 saturated heterocycles. The molecule has 4 nitrogen and oxygen atoms in total. The predicted molar refractivity (Wildman–Crippen MR) is 70.4 cm³/mol. The van der Waals surface area contributed by atoms with Crippen molar-refractivity contribution in [3.63, 3.8) is 0 Å². The number of anilines is 2. The summed E-state index contributed by atoms with van der Waals surface area (Å²) in [6.45, 7) is 3.85. The van der Waals surface area contributed by atoms with E-state index in [-0.39, 0.29) is 5.91 Å². The Kier molecular flexibility index (Phi) is 3.10. The number of amides is 1. The molecular formula is C12H13N3OS. The van der Waals surface area contributed by atoms with Crippen LogP contribution in [0.25, 0.3) is 0 Å². The lowest BCUT2D eigenvalue weighted by Crippen LogP contribution is -2.13. The van der Waals surface area contributed by atoms with Crippen molar-refractivity contribution in [2.75, 3.05) is 11.1 Å². The van der Waals surface area contributed by atoms with Crippen LogP contribution < -0.4 is 11.1 Å². The zero-order valence-corrected chi connectivity index (χ0v) is 10.5. The molecule has 2 aromatic rings. The molecule has 0 fully saturated rings. The van der Waals surface area contributed by atoms with Crippen molar-refractivity contribution in [3.05, 3.63) is 39.7 Å². The fraction of sp³-hybridized carbons (Fsp3) is 0.167. The van der Waals surface area contributed by atoms with Gasteiger partial charge >= 0.3 is 0 Å². The van der Waals surface area contributed by atoms with Crippen molar-refractivity contribution < 1.29 is 4.79 Å². The number of aryl methyl sites for hydroxylation is 2. The third-order valence-corrected chi connectivity index (χ3v) is 3.17. The largest absolute Gasteiger partial charge is 0.397 e. The van der Waals surface area contributed by atoms with Crippen molar-refractivity contribution in [3.8, 4) is 0 Å². The first kappa shape index (κ1) is 11.6. The second kappa shape index (κ2) is 4.55. The van der Waals surface area contributed by atoms with Gasteiger partial charge in [-0.25, -0.2) is 4.98 Å². The van der Waals surface area contributed by atoms with E-state index in [9.17, 15) is 4.79 Å². The van der Waals surface area contributed by atoms with Gasteiger partial charge in [-0.2, -0.15) is 0 Å². The summed E-state index contributed by atoms with van der Waals surface area (Å²) in [5, 5.41) is 4.54. The first-order valence-corrected chi connectivity index (χ1v) is 6.04. The molecule has 0 saturated carbocycles. The number of carbonyl (C=O) groups is 1. The summed E-state index contributed by atoms with van der Waals surface area (Å²) in [6, 6.07) is 5.50. The van der Waals surface area contributed by atoms with Gasteiger partial charge in [0, 0.05) is 5.69 Å². The topological polar surface area (TPSA) is 68.0 Å². The summed E-state index contributed by atoms with van der Waals surface area (Å²) in [6.07, 6.45) is 0. The molecule has 2 rings (SSSR count). The summed E-state index contributed by atoms with van der Waals surface area (Å²) in [4.78, 5) is 16.7. The fourth-order valence-electron chi connectivity index (χ4n) is 1.58. The summed E-state index contributed by atoms with van der Waals surface area (Å²) in [5.41, 5.74) is 8.12. The van der Waals surface area contributed by atoms with Gasteiger partial charge in [-0.1, -0.05) is 0 Å². The van der Waals surface area contributed by atoms with Crippen LogP contribution in [-0.4, -0.2) is 10.9 Å². The number of thiophene rings is 1. The molecule has 3 N–H and O–H groups in total.